The number of hydrogen-bond acceptors (Lipinski definition) is 7. The fourth-order valence-corrected chi connectivity index (χ4v) is 3.70. The molecule has 2 aromatic rings. The Kier molecular flexibility index (Phi) is 5.12. The summed E-state index contributed by atoms with van der Waals surface area (Å²) in [6.07, 6.45) is 1.25. The minimum atomic E-state index is -0.384. The molecule has 0 unspecified atom stereocenters. The maximum absolute atomic E-state index is 13.0. The fourth-order valence-electron chi connectivity index (χ4n) is 3.43. The first kappa shape index (κ1) is 19.2. The van der Waals surface area contributed by atoms with Crippen LogP contribution in [-0.4, -0.2) is 71.3 Å². The first-order valence-corrected chi connectivity index (χ1v) is 9.41. The summed E-state index contributed by atoms with van der Waals surface area (Å²) in [5.74, 6) is -0.189. The molecule has 10 nitrogen and oxygen atoms in total. The van der Waals surface area contributed by atoms with Crippen molar-refractivity contribution in [3.8, 4) is 5.88 Å². The monoisotopic (exact) mass is 418 g/mol. The van der Waals surface area contributed by atoms with E-state index in [0.29, 0.717) is 29.5 Å². The highest BCUT2D eigenvalue weighted by Crippen LogP contribution is 2.34. The van der Waals surface area contributed by atoms with E-state index >= 15 is 0 Å². The molecule has 1 fully saturated rings. The van der Waals surface area contributed by atoms with Gasteiger partial charge in [-0.15, -0.1) is 0 Å². The number of urea groups is 1. The molecule has 152 valence electrons. The minimum absolute atomic E-state index is 0.0428. The van der Waals surface area contributed by atoms with Crippen LogP contribution in [0.5, 0.6) is 5.88 Å². The molecule has 0 radical (unpaired) electrons. The van der Waals surface area contributed by atoms with Crippen LogP contribution in [0, 0.1) is 0 Å². The molecule has 3 heterocycles. The third kappa shape index (κ3) is 3.40. The average molecular weight is 419 g/mol. The number of nitrogen functional groups attached to an aromatic ring is 1. The average Bonchev–Trinajstić information content (AvgIpc) is 2.95. The van der Waals surface area contributed by atoms with E-state index in [-0.39, 0.29) is 55.5 Å². The maximum atomic E-state index is 13.0. The van der Waals surface area contributed by atoms with Crippen molar-refractivity contribution in [2.45, 2.75) is 0 Å². The Labute approximate surface area is 171 Å². The molecule has 1 saturated heterocycles. The molecule has 1 aromatic carbocycles. The van der Waals surface area contributed by atoms with Gasteiger partial charge in [0.1, 0.15) is 24.3 Å². The van der Waals surface area contributed by atoms with Crippen LogP contribution in [0.3, 0.4) is 0 Å². The number of carbonyl (C=O) groups excluding carboxylic acids is 2. The topological polar surface area (TPSA) is 125 Å². The van der Waals surface area contributed by atoms with E-state index in [0.717, 1.165) is 0 Å². The number of aliphatic hydroxyl groups excluding tert-OH is 1. The number of halogens is 1. The zero-order chi connectivity index (χ0) is 20.5. The van der Waals surface area contributed by atoms with E-state index in [1.807, 2.05) is 0 Å². The first-order chi connectivity index (χ1) is 14.0. The molecule has 1 aromatic heterocycles. The molecule has 3 N–H and O–H groups in total. The molecule has 0 saturated carbocycles. The molecule has 2 aliphatic rings. The molecule has 29 heavy (non-hydrogen) atoms. The molecule has 0 spiro atoms. The Bertz CT molecular complexity index is 971. The summed E-state index contributed by atoms with van der Waals surface area (Å²) in [5, 5.41) is 9.40. The molecule has 0 aliphatic carbocycles. The van der Waals surface area contributed by atoms with Gasteiger partial charge < -0.3 is 25.4 Å². The molecule has 0 atom stereocenters. The number of carbonyl (C=O) groups is 2. The Hall–Kier alpha value is -3.11. The molecule has 3 amide bonds. The zero-order valence-electron chi connectivity index (χ0n) is 15.4. The number of amides is 3. The largest absolute Gasteiger partial charge is 0.475 e. The summed E-state index contributed by atoms with van der Waals surface area (Å²) < 4.78 is 5.53. The van der Waals surface area contributed by atoms with Gasteiger partial charge in [-0.2, -0.15) is 0 Å². The van der Waals surface area contributed by atoms with Gasteiger partial charge in [0.25, 0.3) is 5.91 Å². The minimum Gasteiger partial charge on any atom is -0.475 e. The van der Waals surface area contributed by atoms with Crippen LogP contribution in [0.4, 0.5) is 22.0 Å². The van der Waals surface area contributed by atoms with Crippen LogP contribution < -0.4 is 20.3 Å². The van der Waals surface area contributed by atoms with Crippen molar-refractivity contribution in [1.82, 2.24) is 14.9 Å². The number of aliphatic hydroxyl groups is 1. The Balaban J connectivity index is 1.62. The van der Waals surface area contributed by atoms with Crippen LogP contribution >= 0.6 is 11.6 Å². The molecule has 11 heteroatoms. The van der Waals surface area contributed by atoms with Crippen LogP contribution in [0.2, 0.25) is 5.02 Å². The van der Waals surface area contributed by atoms with Gasteiger partial charge in [0, 0.05) is 25.3 Å². The number of rotatable bonds is 4. The molecular weight excluding hydrogens is 400 g/mol. The summed E-state index contributed by atoms with van der Waals surface area (Å²) >= 11 is 6.46. The van der Waals surface area contributed by atoms with Crippen LogP contribution in [0.15, 0.2) is 24.5 Å². The van der Waals surface area contributed by atoms with Gasteiger partial charge in [-0.05, 0) is 18.2 Å². The normalized spacial score (nSPS) is 16.7. The second kappa shape index (κ2) is 7.72. The number of nitrogens with two attached hydrogens (primary N) is 1. The first-order valence-electron chi connectivity index (χ1n) is 9.03. The Morgan fingerprint density at radius 1 is 1.17 bits per heavy atom. The van der Waals surface area contributed by atoms with Crippen LogP contribution in [0.1, 0.15) is 10.4 Å². The van der Waals surface area contributed by atoms with Gasteiger partial charge in [0.2, 0.25) is 5.88 Å². The quantitative estimate of drug-likeness (QED) is 0.758. The van der Waals surface area contributed by atoms with Crippen molar-refractivity contribution in [3.05, 3.63) is 35.1 Å². The van der Waals surface area contributed by atoms with Crippen LogP contribution in [-0.2, 0) is 0 Å². The van der Waals surface area contributed by atoms with E-state index in [9.17, 15) is 9.59 Å². The summed E-state index contributed by atoms with van der Waals surface area (Å²) in [6, 6.07) is 4.82. The summed E-state index contributed by atoms with van der Waals surface area (Å²) in [5.41, 5.74) is 7.06. The van der Waals surface area contributed by atoms with E-state index in [2.05, 4.69) is 9.97 Å². The SMILES string of the molecule is Nc1ncnc2c1C(=O)N(c1ccc(N3CCN(CCO)C3=O)c(Cl)c1)CCO2. The predicted octanol–water partition coefficient (Wildman–Crippen LogP) is 0.986. The maximum Gasteiger partial charge on any atom is 0.324 e. The number of hydrogen-bond donors (Lipinski definition) is 2. The molecule has 2 aliphatic heterocycles. The van der Waals surface area contributed by atoms with Crippen LogP contribution in [0.25, 0.3) is 0 Å². The van der Waals surface area contributed by atoms with E-state index < -0.39 is 0 Å². The number of fused-ring (bicyclic) bond motifs is 1. The molecule has 0 bridgehead atoms. The lowest BCUT2D eigenvalue weighted by molar-refractivity contribution is 0.0990. The summed E-state index contributed by atoms with van der Waals surface area (Å²) in [4.78, 5) is 38.0. The van der Waals surface area contributed by atoms with E-state index in [1.165, 1.54) is 11.2 Å². The van der Waals surface area contributed by atoms with Crippen molar-refractivity contribution < 1.29 is 19.4 Å². The molecular formula is C18H19ClN6O4. The van der Waals surface area contributed by atoms with Crippen molar-refractivity contribution in [1.29, 1.82) is 0 Å². The molecule has 4 rings (SSSR count). The van der Waals surface area contributed by atoms with Gasteiger partial charge in [0.15, 0.2) is 0 Å². The predicted molar refractivity (Wildman–Crippen MR) is 106 cm³/mol. The zero-order valence-corrected chi connectivity index (χ0v) is 16.2. The number of benzene rings is 1. The number of aromatic nitrogens is 2. The van der Waals surface area contributed by atoms with Crippen molar-refractivity contribution in [3.63, 3.8) is 0 Å². The Morgan fingerprint density at radius 3 is 2.76 bits per heavy atom. The van der Waals surface area contributed by atoms with Gasteiger partial charge in [0.05, 0.1) is 23.9 Å². The fraction of sp³-hybridized carbons (Fsp3) is 0.333. The number of β-amino-alcohol motifs (C(OH)–C–C–N with tert-alkyl or cyclic N) is 1. The lowest BCUT2D eigenvalue weighted by atomic mass is 10.2. The third-order valence-electron chi connectivity index (χ3n) is 4.85. The number of anilines is 3. The van der Waals surface area contributed by atoms with Gasteiger partial charge in [-0.3, -0.25) is 9.69 Å². The van der Waals surface area contributed by atoms with Crippen molar-refractivity contribution in [2.24, 2.45) is 0 Å². The summed E-state index contributed by atoms with van der Waals surface area (Å²) in [7, 11) is 0. The number of nitrogens with zero attached hydrogens (tertiary/aromatic N) is 5. The Morgan fingerprint density at radius 2 is 2.00 bits per heavy atom. The van der Waals surface area contributed by atoms with Crippen molar-refractivity contribution >= 4 is 40.7 Å². The number of ether oxygens (including phenoxy) is 1. The highest BCUT2D eigenvalue weighted by molar-refractivity contribution is 6.34. The third-order valence-corrected chi connectivity index (χ3v) is 5.16. The van der Waals surface area contributed by atoms with E-state index in [1.54, 1.807) is 28.0 Å². The van der Waals surface area contributed by atoms with Gasteiger partial charge >= 0.3 is 6.03 Å². The smallest absolute Gasteiger partial charge is 0.324 e. The summed E-state index contributed by atoms with van der Waals surface area (Å²) in [6.45, 7) is 1.66. The van der Waals surface area contributed by atoms with E-state index in [4.69, 9.17) is 27.2 Å². The lowest BCUT2D eigenvalue weighted by Gasteiger charge is -2.23. The van der Waals surface area contributed by atoms with Crippen molar-refractivity contribution in [2.75, 3.05) is 54.9 Å². The second-order valence-corrected chi connectivity index (χ2v) is 6.93. The highest BCUT2D eigenvalue weighted by atomic mass is 35.5. The lowest BCUT2D eigenvalue weighted by Crippen LogP contribution is -2.34. The second-order valence-electron chi connectivity index (χ2n) is 6.52. The van der Waals surface area contributed by atoms with Gasteiger partial charge in [-0.1, -0.05) is 11.6 Å². The van der Waals surface area contributed by atoms with Gasteiger partial charge in [-0.25, -0.2) is 14.8 Å². The highest BCUT2D eigenvalue weighted by Gasteiger charge is 2.32. The standard InChI is InChI=1S/C18H19ClN6O4/c19-12-9-11(1-2-13(12)25-4-3-23(5-7-26)18(25)28)24-6-8-29-16-14(17(24)27)15(20)21-10-22-16/h1-2,9-10,26H,3-8H2,(H2,20,21,22).